The third-order valence-electron chi connectivity index (χ3n) is 8.24. The van der Waals surface area contributed by atoms with Crippen LogP contribution in [-0.4, -0.2) is 74.9 Å². The lowest BCUT2D eigenvalue weighted by Crippen LogP contribution is -2.37. The minimum absolute atomic E-state index is 0.0130. The van der Waals surface area contributed by atoms with E-state index in [1.54, 1.807) is 0 Å². The number of hydrogen-bond donors (Lipinski definition) is 1. The molecule has 0 rings (SSSR count). The summed E-state index contributed by atoms with van der Waals surface area (Å²) in [5, 5.41) is 0. The third-order valence-corrected chi connectivity index (χ3v) is 9.23. The van der Waals surface area contributed by atoms with Gasteiger partial charge in [0, 0.05) is 12.8 Å². The largest absolute Gasteiger partial charge is 0.472 e. The molecule has 2 atom stereocenters. The average Bonchev–Trinajstić information content (AvgIpc) is 3.17. The lowest BCUT2D eigenvalue weighted by molar-refractivity contribution is -0.870. The molecule has 0 saturated carbocycles. The molecule has 0 spiro atoms. The van der Waals surface area contributed by atoms with Crippen LogP contribution in [0.15, 0.2) is 122 Å². The maximum Gasteiger partial charge on any atom is 0.472 e. The maximum atomic E-state index is 12.7. The van der Waals surface area contributed by atoms with Gasteiger partial charge in [0.2, 0.25) is 0 Å². The molecule has 1 unspecified atom stereocenters. The van der Waals surface area contributed by atoms with Gasteiger partial charge in [0.25, 0.3) is 0 Å². The molecule has 9 nitrogen and oxygen atoms in total. The van der Waals surface area contributed by atoms with E-state index in [-0.39, 0.29) is 26.1 Å². The molecular weight excluding hydrogens is 750 g/mol. The van der Waals surface area contributed by atoms with E-state index < -0.39 is 32.5 Å². The average molecular weight is 827 g/mol. The molecule has 0 aromatic heterocycles. The van der Waals surface area contributed by atoms with Crippen LogP contribution in [0, 0.1) is 0 Å². The number of likely N-dealkylation sites (N-methyl/N-ethyl adjacent to an activating group) is 1. The predicted octanol–water partition coefficient (Wildman–Crippen LogP) is 12.1. The van der Waals surface area contributed by atoms with Crippen molar-refractivity contribution in [3.63, 3.8) is 0 Å². The maximum absolute atomic E-state index is 12.7. The summed E-state index contributed by atoms with van der Waals surface area (Å²) < 4.78 is 34.2. The number of rotatable bonds is 36. The molecule has 0 amide bonds. The van der Waals surface area contributed by atoms with Crippen LogP contribution in [0.1, 0.15) is 117 Å². The van der Waals surface area contributed by atoms with Crippen LogP contribution >= 0.6 is 7.82 Å². The number of carbonyl (C=O) groups excluding carboxylic acids is 2. The molecular formula is C48H77NO8P+. The Bertz CT molecular complexity index is 1390. The number of ether oxygens (including phenoxy) is 2. The molecule has 0 heterocycles. The molecule has 1 N–H and O–H groups in total. The van der Waals surface area contributed by atoms with E-state index in [4.69, 9.17) is 18.5 Å². The number of carbonyl (C=O) groups is 2. The summed E-state index contributed by atoms with van der Waals surface area (Å²) in [6, 6.07) is 0. The van der Waals surface area contributed by atoms with E-state index >= 15 is 0 Å². The monoisotopic (exact) mass is 827 g/mol. The molecule has 10 heteroatoms. The van der Waals surface area contributed by atoms with Crippen molar-refractivity contribution >= 4 is 19.8 Å². The van der Waals surface area contributed by atoms with Crippen molar-refractivity contribution in [1.29, 1.82) is 0 Å². The molecule has 0 aromatic carbocycles. The molecule has 0 saturated heterocycles. The van der Waals surface area contributed by atoms with Gasteiger partial charge in [0.15, 0.2) is 6.10 Å². The minimum Gasteiger partial charge on any atom is -0.462 e. The van der Waals surface area contributed by atoms with Crippen LogP contribution in [0.2, 0.25) is 0 Å². The topological polar surface area (TPSA) is 108 Å². The van der Waals surface area contributed by atoms with Gasteiger partial charge in [-0.05, 0) is 51.4 Å². The fraction of sp³-hybridized carbons (Fsp3) is 0.542. The SMILES string of the molecule is CC/C=C/C=C/C=C/C=C/C=C/CCCCCCCC(=O)OC[C@H](COP(=O)(O)OCC[N+](C)(C)C)OC(=O)CCCCCCC/C=C/C=C/C=C/C=C/C=C/CC. The Balaban J connectivity index is 4.52. The molecule has 0 radical (unpaired) electrons. The first kappa shape index (κ1) is 54.4. The first-order chi connectivity index (χ1) is 28.0. The van der Waals surface area contributed by atoms with E-state index in [2.05, 4.69) is 50.3 Å². The summed E-state index contributed by atoms with van der Waals surface area (Å²) in [4.78, 5) is 35.4. The highest BCUT2D eigenvalue weighted by molar-refractivity contribution is 7.47. The van der Waals surface area contributed by atoms with Crippen molar-refractivity contribution < 1.29 is 42.1 Å². The Morgan fingerprint density at radius 1 is 0.534 bits per heavy atom. The zero-order chi connectivity index (χ0) is 42.8. The van der Waals surface area contributed by atoms with E-state index in [1.165, 1.54) is 0 Å². The van der Waals surface area contributed by atoms with Gasteiger partial charge in [-0.3, -0.25) is 18.6 Å². The smallest absolute Gasteiger partial charge is 0.462 e. The summed E-state index contributed by atoms with van der Waals surface area (Å²) >= 11 is 0. The number of allylic oxidation sites excluding steroid dienone is 20. The molecule has 0 aliphatic carbocycles. The van der Waals surface area contributed by atoms with Crippen molar-refractivity contribution in [2.45, 2.75) is 123 Å². The first-order valence-corrected chi connectivity index (χ1v) is 22.9. The molecule has 326 valence electrons. The van der Waals surface area contributed by atoms with Gasteiger partial charge < -0.3 is 18.9 Å². The molecule has 0 fully saturated rings. The number of phosphoric acid groups is 1. The molecule has 0 aliphatic rings. The first-order valence-electron chi connectivity index (χ1n) is 21.4. The van der Waals surface area contributed by atoms with Crippen LogP contribution in [0.5, 0.6) is 0 Å². The standard InChI is InChI=1S/C48H76NO8P/c1-6-8-10-12-14-16-18-20-22-24-26-28-30-32-34-36-38-40-47(50)54-44-46(45-56-58(52,53)55-43-42-49(3,4)5)57-48(51)41-39-37-35-33-31-29-27-25-23-21-19-17-15-13-11-9-7-2/h8-27,46H,6-7,28-45H2,1-5H3/p+1/b10-8+,11-9+,14-12+,15-13+,18-16+,19-17+,22-20+,23-21+,26-24+,27-25+/t46-/m1/s1. The van der Waals surface area contributed by atoms with Gasteiger partial charge in [-0.15, -0.1) is 0 Å². The van der Waals surface area contributed by atoms with Crippen LogP contribution < -0.4 is 0 Å². The molecule has 58 heavy (non-hydrogen) atoms. The normalized spacial score (nSPS) is 14.8. The summed E-state index contributed by atoms with van der Waals surface area (Å²) in [6.45, 7) is 4.03. The quantitative estimate of drug-likeness (QED) is 0.0219. The highest BCUT2D eigenvalue weighted by atomic mass is 31.2. The number of esters is 2. The number of hydrogen-bond acceptors (Lipinski definition) is 7. The number of nitrogens with zero attached hydrogens (tertiary/aromatic N) is 1. The van der Waals surface area contributed by atoms with E-state index in [9.17, 15) is 19.0 Å². The fourth-order valence-corrected chi connectivity index (χ4v) is 5.68. The number of phosphoric ester groups is 1. The third kappa shape index (κ3) is 42.0. The van der Waals surface area contributed by atoms with Crippen molar-refractivity contribution in [2.24, 2.45) is 0 Å². The number of quaternary nitrogens is 1. The zero-order valence-corrected chi connectivity index (χ0v) is 37.4. The highest BCUT2D eigenvalue weighted by Gasteiger charge is 2.27. The summed E-state index contributed by atoms with van der Waals surface area (Å²) in [5.41, 5.74) is 0. The van der Waals surface area contributed by atoms with Gasteiger partial charge in [-0.25, -0.2) is 4.57 Å². The molecule has 0 bridgehead atoms. The minimum atomic E-state index is -4.40. The van der Waals surface area contributed by atoms with E-state index in [1.807, 2.05) is 106 Å². The Hall–Kier alpha value is -3.59. The lowest BCUT2D eigenvalue weighted by Gasteiger charge is -2.24. The van der Waals surface area contributed by atoms with Crippen LogP contribution in [-0.2, 0) is 32.7 Å². The Labute approximate surface area is 352 Å². The second kappa shape index (κ2) is 38.9. The van der Waals surface area contributed by atoms with Crippen LogP contribution in [0.25, 0.3) is 0 Å². The second-order valence-corrected chi connectivity index (χ2v) is 16.3. The fourth-order valence-electron chi connectivity index (χ4n) is 4.94. The van der Waals surface area contributed by atoms with Crippen molar-refractivity contribution in [2.75, 3.05) is 47.5 Å². The van der Waals surface area contributed by atoms with Gasteiger partial charge in [0.05, 0.1) is 27.7 Å². The summed E-state index contributed by atoms with van der Waals surface area (Å²) in [5.74, 6) is -0.874. The van der Waals surface area contributed by atoms with Crippen LogP contribution in [0.3, 0.4) is 0 Å². The van der Waals surface area contributed by atoms with Gasteiger partial charge >= 0.3 is 19.8 Å². The van der Waals surface area contributed by atoms with Crippen LogP contribution in [0.4, 0.5) is 0 Å². The van der Waals surface area contributed by atoms with Crippen molar-refractivity contribution in [3.8, 4) is 0 Å². The van der Waals surface area contributed by atoms with Gasteiger partial charge in [-0.2, -0.15) is 0 Å². The highest BCUT2D eigenvalue weighted by Crippen LogP contribution is 2.43. The van der Waals surface area contributed by atoms with Gasteiger partial charge in [-0.1, -0.05) is 174 Å². The Morgan fingerprint density at radius 3 is 1.38 bits per heavy atom. The molecule has 0 aromatic rings. The van der Waals surface area contributed by atoms with Crippen molar-refractivity contribution in [1.82, 2.24) is 0 Å². The van der Waals surface area contributed by atoms with Gasteiger partial charge in [0.1, 0.15) is 19.8 Å². The summed E-state index contributed by atoms with van der Waals surface area (Å²) in [7, 11) is 1.41. The Kier molecular flexibility index (Phi) is 36.5. The Morgan fingerprint density at radius 2 is 0.931 bits per heavy atom. The van der Waals surface area contributed by atoms with E-state index in [0.29, 0.717) is 23.9 Å². The predicted molar refractivity (Wildman–Crippen MR) is 242 cm³/mol. The second-order valence-electron chi connectivity index (χ2n) is 14.9. The lowest BCUT2D eigenvalue weighted by atomic mass is 10.1. The zero-order valence-electron chi connectivity index (χ0n) is 36.5. The number of unbranched alkanes of at least 4 members (excludes halogenated alkanes) is 10. The van der Waals surface area contributed by atoms with Crippen molar-refractivity contribution in [3.05, 3.63) is 122 Å². The van der Waals surface area contributed by atoms with E-state index in [0.717, 1.165) is 77.0 Å². The molecule has 0 aliphatic heterocycles. The summed E-state index contributed by atoms with van der Waals surface area (Å²) in [6.07, 6.45) is 53.8.